The van der Waals surface area contributed by atoms with E-state index in [2.05, 4.69) is 36.0 Å². The predicted octanol–water partition coefficient (Wildman–Crippen LogP) is 2.53. The van der Waals surface area contributed by atoms with Gasteiger partial charge in [-0.1, -0.05) is 0 Å². The molecule has 2 aromatic heterocycles. The number of rotatable bonds is 4. The molecule has 0 saturated carbocycles. The number of pyridine rings is 1. The van der Waals surface area contributed by atoms with Gasteiger partial charge < -0.3 is 25.4 Å². The second kappa shape index (κ2) is 11.1. The number of aliphatic hydroxyl groups excluding tert-OH is 2. The van der Waals surface area contributed by atoms with Crippen LogP contribution in [0.4, 0.5) is 18.9 Å². The van der Waals surface area contributed by atoms with Crippen molar-refractivity contribution >= 4 is 33.3 Å². The van der Waals surface area contributed by atoms with Gasteiger partial charge in [0.25, 0.3) is 0 Å². The van der Waals surface area contributed by atoms with E-state index in [-0.39, 0.29) is 40.8 Å². The first-order chi connectivity index (χ1) is 19.1. The lowest BCUT2D eigenvalue weighted by Crippen LogP contribution is -2.57. The molecule has 2 fully saturated rings. The molecule has 2 aliphatic rings. The first-order valence-electron chi connectivity index (χ1n) is 11.8. The van der Waals surface area contributed by atoms with Crippen LogP contribution in [-0.4, -0.2) is 73.8 Å². The third kappa shape index (κ3) is 5.23. The van der Waals surface area contributed by atoms with Gasteiger partial charge in [-0.25, -0.2) is 28.1 Å². The summed E-state index contributed by atoms with van der Waals surface area (Å²) in [5.41, 5.74) is 6.19. The average molecular weight is 620 g/mol. The van der Waals surface area contributed by atoms with Gasteiger partial charge in [0, 0.05) is 22.4 Å². The summed E-state index contributed by atoms with van der Waals surface area (Å²) < 4.78 is 54.8. The Morgan fingerprint density at radius 1 is 1.18 bits per heavy atom. The number of ether oxygens (including phenoxy) is 2. The molecule has 2 saturated heterocycles. The van der Waals surface area contributed by atoms with Crippen LogP contribution in [0.1, 0.15) is 18.7 Å². The van der Waals surface area contributed by atoms with Crippen LogP contribution >= 0.6 is 15.9 Å². The summed E-state index contributed by atoms with van der Waals surface area (Å²) >= 11 is 3.28. The van der Waals surface area contributed by atoms with Crippen LogP contribution < -0.4 is 5.73 Å². The zero-order chi connectivity index (χ0) is 28.7. The molecular formula is C25H21BrF3N7O4. The van der Waals surface area contributed by atoms with E-state index in [9.17, 15) is 28.6 Å². The summed E-state index contributed by atoms with van der Waals surface area (Å²) in [6.45, 7) is 1.39. The van der Waals surface area contributed by atoms with Crippen LogP contribution in [0, 0.1) is 28.8 Å². The highest BCUT2D eigenvalue weighted by atomic mass is 79.9. The molecule has 0 spiro atoms. The lowest BCUT2D eigenvalue weighted by Gasteiger charge is -2.41. The molecule has 5 rings (SSSR count). The minimum atomic E-state index is -1.60. The maximum Gasteiger partial charge on any atom is 0.194 e. The molecule has 0 amide bonds. The van der Waals surface area contributed by atoms with Crippen molar-refractivity contribution in [1.29, 1.82) is 5.26 Å². The maximum absolute atomic E-state index is 13.9. The number of benzene rings is 1. The second-order valence-electron chi connectivity index (χ2n) is 9.19. The van der Waals surface area contributed by atoms with Crippen LogP contribution in [0.25, 0.3) is 11.1 Å². The monoisotopic (exact) mass is 619 g/mol. The van der Waals surface area contributed by atoms with Crippen molar-refractivity contribution < 1.29 is 32.9 Å². The number of aliphatic hydroxyl groups is 2. The molecule has 11 nitrogen and oxygen atoms in total. The fourth-order valence-electron chi connectivity index (χ4n) is 4.65. The molecule has 0 bridgehead atoms. The minimum absolute atomic E-state index is 0.0152. The van der Waals surface area contributed by atoms with E-state index < -0.39 is 54.0 Å². The molecule has 40 heavy (non-hydrogen) atoms. The highest BCUT2D eigenvalue weighted by molar-refractivity contribution is 9.10. The predicted molar refractivity (Wildman–Crippen MR) is 138 cm³/mol. The van der Waals surface area contributed by atoms with E-state index in [0.717, 1.165) is 12.1 Å². The minimum Gasteiger partial charge on any atom is -0.388 e. The maximum atomic E-state index is 13.9. The number of fused-ring (bicyclic) bond motifs is 1. The molecule has 208 valence electrons. The molecule has 15 heteroatoms. The van der Waals surface area contributed by atoms with Crippen molar-refractivity contribution in [3.63, 3.8) is 0 Å². The molecule has 4 N–H and O–H groups in total. The highest BCUT2D eigenvalue weighted by Gasteiger charge is 2.54. The van der Waals surface area contributed by atoms with Gasteiger partial charge in [-0.15, -0.1) is 0 Å². The largest absolute Gasteiger partial charge is 0.388 e. The second-order valence-corrected chi connectivity index (χ2v) is 10.1. The normalized spacial score (nSPS) is 26.9. The zero-order valence-corrected chi connectivity index (χ0v) is 22.2. The Kier molecular flexibility index (Phi) is 7.71. The summed E-state index contributed by atoms with van der Waals surface area (Å²) in [7, 11) is 0. The third-order valence-corrected chi connectivity index (χ3v) is 6.84. The van der Waals surface area contributed by atoms with Crippen molar-refractivity contribution in [2.45, 2.75) is 43.5 Å². The fourth-order valence-corrected chi connectivity index (χ4v) is 4.97. The molecule has 3 aromatic rings. The number of nitrogens with zero attached hydrogens (tertiary/aromatic N) is 6. The quantitative estimate of drug-likeness (QED) is 0.228. The van der Waals surface area contributed by atoms with Gasteiger partial charge in [-0.3, -0.25) is 4.68 Å². The van der Waals surface area contributed by atoms with Gasteiger partial charge in [0.2, 0.25) is 0 Å². The van der Waals surface area contributed by atoms with Crippen molar-refractivity contribution in [3.8, 4) is 17.2 Å². The number of hydrogen-bond donors (Lipinski definition) is 3. The number of amidine groups is 2. The van der Waals surface area contributed by atoms with E-state index >= 15 is 0 Å². The topological polar surface area (TPSA) is 164 Å². The number of nitriles is 1. The van der Waals surface area contributed by atoms with Crippen LogP contribution in [0.2, 0.25) is 0 Å². The Bertz CT molecular complexity index is 1530. The van der Waals surface area contributed by atoms with Crippen LogP contribution in [0.15, 0.2) is 51.2 Å². The van der Waals surface area contributed by atoms with Crippen LogP contribution in [0.3, 0.4) is 0 Å². The van der Waals surface area contributed by atoms with E-state index in [4.69, 9.17) is 15.2 Å². The van der Waals surface area contributed by atoms with E-state index in [1.54, 1.807) is 0 Å². The summed E-state index contributed by atoms with van der Waals surface area (Å²) in [5.74, 6) is -4.38. The molecule has 0 aliphatic carbocycles. The molecule has 2 aliphatic heterocycles. The summed E-state index contributed by atoms with van der Waals surface area (Å²) in [6.07, 6.45) is -1.57. The van der Waals surface area contributed by atoms with Crippen LogP contribution in [-0.2, 0) is 9.47 Å². The van der Waals surface area contributed by atoms with Gasteiger partial charge in [-0.2, -0.15) is 10.4 Å². The summed E-state index contributed by atoms with van der Waals surface area (Å²) in [6, 6.07) is 4.10. The molecule has 6 atom stereocenters. The first-order valence-corrected chi connectivity index (χ1v) is 12.6. The lowest BCUT2D eigenvalue weighted by molar-refractivity contribution is -0.168. The van der Waals surface area contributed by atoms with Crippen molar-refractivity contribution in [3.05, 3.63) is 64.4 Å². The fraction of sp³-hybridized carbons (Fsp3) is 0.320. The van der Waals surface area contributed by atoms with Crippen molar-refractivity contribution in [2.75, 3.05) is 6.61 Å². The third-order valence-electron chi connectivity index (χ3n) is 6.41. The number of aromatic nitrogens is 3. The average Bonchev–Trinajstić information content (AvgIpc) is 3.53. The van der Waals surface area contributed by atoms with Gasteiger partial charge in [0.05, 0.1) is 18.6 Å². The SMILES string of the molecule is CC(N)=NC(=Nc1cc(Br)cnc1C#N)[C@@H]1OC2C(O)CO[C@@H]2C(n2cc(-c3cc(F)c(F)c(F)c3)cn2)C1O. The van der Waals surface area contributed by atoms with Gasteiger partial charge in [0.15, 0.2) is 29.0 Å². The van der Waals surface area contributed by atoms with Crippen molar-refractivity contribution in [2.24, 2.45) is 15.7 Å². The standard InChI is InChI=1S/C25H21BrF3N7O4/c1-10(31)34-25(35-16-4-13(26)7-32-17(16)5-30)24-21(38)20(23-22(40-24)18(37)9-39-23)36-8-12(6-33-36)11-2-14(27)19(29)15(28)3-11/h2-4,6-8,18,20-24,37-38H,9H2,1H3,(H2,31,34,35)/t18?,20?,21?,22?,23-,24-/m1/s1. The summed E-state index contributed by atoms with van der Waals surface area (Å²) in [5, 5.41) is 35.9. The van der Waals surface area contributed by atoms with Crippen LogP contribution in [0.5, 0.6) is 0 Å². The Hall–Kier alpha value is -3.68. The van der Waals surface area contributed by atoms with E-state index in [0.29, 0.717) is 4.47 Å². The Morgan fingerprint density at radius 2 is 1.90 bits per heavy atom. The Balaban J connectivity index is 1.58. The van der Waals surface area contributed by atoms with E-state index in [1.807, 2.05) is 6.07 Å². The number of halogens is 4. The summed E-state index contributed by atoms with van der Waals surface area (Å²) in [4.78, 5) is 12.7. The molecule has 1 aromatic carbocycles. The number of aliphatic imine (C=N–C) groups is 2. The Labute approximate surface area is 233 Å². The zero-order valence-electron chi connectivity index (χ0n) is 20.6. The smallest absolute Gasteiger partial charge is 0.194 e. The van der Waals surface area contributed by atoms with Gasteiger partial charge >= 0.3 is 0 Å². The number of nitrogens with two attached hydrogens (primary N) is 1. The molecular weight excluding hydrogens is 599 g/mol. The number of hydrogen-bond acceptors (Lipinski definition) is 8. The molecule has 0 radical (unpaired) electrons. The van der Waals surface area contributed by atoms with E-state index in [1.165, 1.54) is 36.3 Å². The van der Waals surface area contributed by atoms with Crippen molar-refractivity contribution in [1.82, 2.24) is 14.8 Å². The van der Waals surface area contributed by atoms with Gasteiger partial charge in [0.1, 0.15) is 48.3 Å². The first kappa shape index (κ1) is 27.9. The lowest BCUT2D eigenvalue weighted by atomic mass is 9.91. The highest BCUT2D eigenvalue weighted by Crippen LogP contribution is 2.39. The van der Waals surface area contributed by atoms with Gasteiger partial charge in [-0.05, 0) is 46.6 Å². The Morgan fingerprint density at radius 3 is 2.58 bits per heavy atom. The molecule has 4 unspecified atom stereocenters. The molecule has 4 heterocycles.